The third-order valence-corrected chi connectivity index (χ3v) is 5.70. The average Bonchev–Trinajstić information content (AvgIpc) is 3.03. The van der Waals surface area contributed by atoms with Crippen LogP contribution in [-0.4, -0.2) is 68.0 Å². The number of aliphatic hydroxyl groups is 1. The number of carbonyl (C=O) groups excluding carboxylic acids is 2. The Morgan fingerprint density at radius 3 is 2.41 bits per heavy atom. The molecule has 1 saturated heterocycles. The van der Waals surface area contributed by atoms with Gasteiger partial charge < -0.3 is 24.4 Å². The number of ketones is 1. The van der Waals surface area contributed by atoms with Gasteiger partial charge in [-0.25, -0.2) is 0 Å². The molecule has 0 saturated carbocycles. The van der Waals surface area contributed by atoms with Crippen LogP contribution in [0.1, 0.15) is 23.6 Å². The topological polar surface area (TPSA) is 79.3 Å². The van der Waals surface area contributed by atoms with E-state index in [4.69, 9.17) is 21.1 Å². The molecule has 1 N–H and O–H groups in total. The van der Waals surface area contributed by atoms with Crippen LogP contribution in [0.2, 0.25) is 5.02 Å². The number of halogens is 1. The number of nitrogens with zero attached hydrogens (tertiary/aromatic N) is 2. The highest BCUT2D eigenvalue weighted by atomic mass is 35.5. The fraction of sp³-hybridized carbons (Fsp3) is 0.333. The van der Waals surface area contributed by atoms with Gasteiger partial charge in [0.25, 0.3) is 11.7 Å². The van der Waals surface area contributed by atoms with E-state index in [1.54, 1.807) is 24.3 Å². The van der Waals surface area contributed by atoms with Crippen LogP contribution in [0.15, 0.2) is 48.0 Å². The lowest BCUT2D eigenvalue weighted by Crippen LogP contribution is -2.32. The van der Waals surface area contributed by atoms with Crippen molar-refractivity contribution in [2.45, 2.75) is 12.5 Å². The lowest BCUT2D eigenvalue weighted by atomic mass is 9.94. The molecule has 2 aromatic carbocycles. The molecule has 3 rings (SSSR count). The van der Waals surface area contributed by atoms with Crippen LogP contribution < -0.4 is 9.47 Å². The molecular weight excluding hydrogens is 432 g/mol. The number of hydrogen-bond acceptors (Lipinski definition) is 6. The fourth-order valence-corrected chi connectivity index (χ4v) is 4.11. The van der Waals surface area contributed by atoms with Gasteiger partial charge >= 0.3 is 0 Å². The van der Waals surface area contributed by atoms with Crippen LogP contribution in [-0.2, 0) is 9.59 Å². The smallest absolute Gasteiger partial charge is 0.295 e. The fourth-order valence-electron chi connectivity index (χ4n) is 3.85. The minimum atomic E-state index is -0.783. The second-order valence-corrected chi connectivity index (χ2v) is 8.15. The standard InChI is InChI=1S/C24H27ClN2O5/c1-26(2)12-7-13-27-21(16-8-5-6-9-18(16)31-3)20(23(29)24(27)30)22(28)15-10-11-19(32-4)17(25)14-15/h5-6,8-11,14,21,28H,7,12-13H2,1-4H3/t21-/m0/s1. The van der Waals surface area contributed by atoms with Gasteiger partial charge in [-0.1, -0.05) is 29.8 Å². The van der Waals surface area contributed by atoms with Crippen molar-refractivity contribution in [2.24, 2.45) is 0 Å². The number of amides is 1. The Morgan fingerprint density at radius 1 is 1.09 bits per heavy atom. The van der Waals surface area contributed by atoms with Crippen LogP contribution in [0.4, 0.5) is 0 Å². The van der Waals surface area contributed by atoms with Gasteiger partial charge in [0.05, 0.1) is 30.9 Å². The van der Waals surface area contributed by atoms with Crippen LogP contribution in [0, 0.1) is 0 Å². The van der Waals surface area contributed by atoms with Gasteiger partial charge in [-0.2, -0.15) is 0 Å². The summed E-state index contributed by atoms with van der Waals surface area (Å²) in [5.74, 6) is -0.723. The SMILES string of the molecule is COc1ccc(C(O)=C2C(=O)C(=O)N(CCCN(C)C)[C@H]2c2ccccc2OC)cc1Cl. The summed E-state index contributed by atoms with van der Waals surface area (Å²) in [7, 11) is 6.90. The zero-order chi connectivity index (χ0) is 23.4. The summed E-state index contributed by atoms with van der Waals surface area (Å²) < 4.78 is 10.7. The molecule has 1 aliphatic rings. The number of ether oxygens (including phenoxy) is 2. The molecule has 0 bridgehead atoms. The maximum atomic E-state index is 13.1. The van der Waals surface area contributed by atoms with E-state index in [0.717, 1.165) is 6.54 Å². The summed E-state index contributed by atoms with van der Waals surface area (Å²) >= 11 is 6.23. The molecule has 0 radical (unpaired) electrons. The van der Waals surface area contributed by atoms with Crippen molar-refractivity contribution in [1.82, 2.24) is 9.80 Å². The van der Waals surface area contributed by atoms with Crippen LogP contribution >= 0.6 is 11.6 Å². The summed E-state index contributed by atoms with van der Waals surface area (Å²) in [5, 5.41) is 11.4. The van der Waals surface area contributed by atoms with Gasteiger partial charge in [-0.15, -0.1) is 0 Å². The van der Waals surface area contributed by atoms with Crippen molar-refractivity contribution in [2.75, 3.05) is 41.4 Å². The Labute approximate surface area is 192 Å². The number of carbonyl (C=O) groups is 2. The third-order valence-electron chi connectivity index (χ3n) is 5.40. The predicted octanol–water partition coefficient (Wildman–Crippen LogP) is 3.73. The second-order valence-electron chi connectivity index (χ2n) is 7.74. The Kier molecular flexibility index (Phi) is 7.43. The molecule has 1 atom stereocenters. The van der Waals surface area contributed by atoms with E-state index in [1.807, 2.05) is 31.1 Å². The molecule has 1 aliphatic heterocycles. The summed E-state index contributed by atoms with van der Waals surface area (Å²) in [6.45, 7) is 1.10. The number of aliphatic hydroxyl groups excluding tert-OH is 1. The van der Waals surface area contributed by atoms with E-state index in [0.29, 0.717) is 35.6 Å². The summed E-state index contributed by atoms with van der Waals surface area (Å²) in [6, 6.07) is 11.1. The Hall–Kier alpha value is -3.03. The summed E-state index contributed by atoms with van der Waals surface area (Å²) in [6.07, 6.45) is 0.667. The highest BCUT2D eigenvalue weighted by Crippen LogP contribution is 2.43. The minimum absolute atomic E-state index is 0.00517. The van der Waals surface area contributed by atoms with E-state index in [9.17, 15) is 14.7 Å². The van der Waals surface area contributed by atoms with E-state index < -0.39 is 17.7 Å². The molecule has 0 unspecified atom stereocenters. The lowest BCUT2D eigenvalue weighted by molar-refractivity contribution is -0.140. The summed E-state index contributed by atoms with van der Waals surface area (Å²) in [4.78, 5) is 29.6. The van der Waals surface area contributed by atoms with Gasteiger partial charge in [-0.05, 0) is 51.3 Å². The summed E-state index contributed by atoms with van der Waals surface area (Å²) in [5.41, 5.74) is 0.952. The van der Waals surface area contributed by atoms with E-state index in [1.165, 1.54) is 25.2 Å². The normalized spacial score (nSPS) is 17.8. The molecule has 1 heterocycles. The first kappa shape index (κ1) is 23.6. The molecule has 8 heteroatoms. The van der Waals surface area contributed by atoms with E-state index >= 15 is 0 Å². The number of Topliss-reactive ketones (excluding diaryl/α,β-unsaturated/α-hetero) is 1. The first-order valence-corrected chi connectivity index (χ1v) is 10.6. The quantitative estimate of drug-likeness (QED) is 0.369. The van der Waals surface area contributed by atoms with Gasteiger partial charge in [-0.3, -0.25) is 9.59 Å². The first-order valence-electron chi connectivity index (χ1n) is 10.2. The van der Waals surface area contributed by atoms with Crippen LogP contribution in [0.5, 0.6) is 11.5 Å². The van der Waals surface area contributed by atoms with Gasteiger partial charge in [0.15, 0.2) is 0 Å². The van der Waals surface area contributed by atoms with Gasteiger partial charge in [0.1, 0.15) is 17.3 Å². The second kappa shape index (κ2) is 10.1. The molecule has 2 aromatic rings. The Morgan fingerprint density at radius 2 is 1.78 bits per heavy atom. The molecule has 0 spiro atoms. The van der Waals surface area contributed by atoms with Crippen LogP contribution in [0.3, 0.4) is 0 Å². The Bertz CT molecular complexity index is 1050. The van der Waals surface area contributed by atoms with Crippen molar-refractivity contribution in [3.63, 3.8) is 0 Å². The van der Waals surface area contributed by atoms with Gasteiger partial charge in [0, 0.05) is 17.7 Å². The number of rotatable bonds is 8. The molecule has 170 valence electrons. The molecule has 32 heavy (non-hydrogen) atoms. The molecule has 0 aliphatic carbocycles. The maximum Gasteiger partial charge on any atom is 0.295 e. The predicted molar refractivity (Wildman–Crippen MR) is 123 cm³/mol. The Balaban J connectivity index is 2.15. The molecular formula is C24H27ClN2O5. The highest BCUT2D eigenvalue weighted by Gasteiger charge is 2.46. The largest absolute Gasteiger partial charge is 0.507 e. The number of hydrogen-bond donors (Lipinski definition) is 1. The number of para-hydroxylation sites is 1. The number of likely N-dealkylation sites (tertiary alicyclic amines) is 1. The monoisotopic (exact) mass is 458 g/mol. The maximum absolute atomic E-state index is 13.1. The van der Waals surface area contributed by atoms with Gasteiger partial charge in [0.2, 0.25) is 0 Å². The third kappa shape index (κ3) is 4.59. The average molecular weight is 459 g/mol. The molecule has 7 nitrogen and oxygen atoms in total. The van der Waals surface area contributed by atoms with Crippen LogP contribution in [0.25, 0.3) is 5.76 Å². The number of methoxy groups -OCH3 is 2. The minimum Gasteiger partial charge on any atom is -0.507 e. The zero-order valence-electron chi connectivity index (χ0n) is 18.6. The van der Waals surface area contributed by atoms with Crippen molar-refractivity contribution >= 4 is 29.1 Å². The first-order chi connectivity index (χ1) is 15.3. The zero-order valence-corrected chi connectivity index (χ0v) is 19.3. The van der Waals surface area contributed by atoms with Crippen molar-refractivity contribution in [1.29, 1.82) is 0 Å². The molecule has 1 fully saturated rings. The number of benzene rings is 2. The molecule has 1 amide bonds. The molecule has 0 aromatic heterocycles. The van der Waals surface area contributed by atoms with Crippen molar-refractivity contribution in [3.8, 4) is 11.5 Å². The van der Waals surface area contributed by atoms with Crippen molar-refractivity contribution in [3.05, 3.63) is 64.2 Å². The van der Waals surface area contributed by atoms with E-state index in [2.05, 4.69) is 0 Å². The lowest BCUT2D eigenvalue weighted by Gasteiger charge is -2.27. The van der Waals surface area contributed by atoms with Crippen molar-refractivity contribution < 1.29 is 24.2 Å². The highest BCUT2D eigenvalue weighted by molar-refractivity contribution is 6.46. The van der Waals surface area contributed by atoms with E-state index in [-0.39, 0.29) is 16.4 Å².